The van der Waals surface area contributed by atoms with Gasteiger partial charge >= 0.3 is 0 Å². The van der Waals surface area contributed by atoms with Crippen LogP contribution >= 0.6 is 11.6 Å². The fourth-order valence-electron chi connectivity index (χ4n) is 4.03. The van der Waals surface area contributed by atoms with Gasteiger partial charge in [-0.25, -0.2) is 8.42 Å². The van der Waals surface area contributed by atoms with E-state index in [1.807, 2.05) is 13.0 Å². The highest BCUT2D eigenvalue weighted by molar-refractivity contribution is 7.89. The zero-order valence-corrected chi connectivity index (χ0v) is 20.2. The minimum atomic E-state index is -3.78. The molecule has 33 heavy (non-hydrogen) atoms. The number of rotatable bonds is 4. The summed E-state index contributed by atoms with van der Waals surface area (Å²) in [5.41, 5.74) is 2.52. The minimum absolute atomic E-state index is 0.141. The third-order valence-electron chi connectivity index (χ3n) is 6.09. The topological polar surface area (TPSA) is 105 Å². The number of nitrogens with one attached hydrogen (secondary N) is 2. The molecule has 0 bridgehead atoms. The Morgan fingerprint density at radius 3 is 2.52 bits per heavy atom. The maximum absolute atomic E-state index is 13.3. The molecule has 0 unspecified atom stereocenters. The van der Waals surface area contributed by atoms with Crippen LogP contribution in [-0.2, 0) is 19.6 Å². The number of hydrogen-bond donors (Lipinski definition) is 2. The van der Waals surface area contributed by atoms with Crippen molar-refractivity contribution in [3.63, 3.8) is 0 Å². The number of nitrogens with zero attached hydrogens (tertiary/aromatic N) is 1. The molecule has 1 fully saturated rings. The van der Waals surface area contributed by atoms with Crippen molar-refractivity contribution in [2.75, 3.05) is 23.7 Å². The highest BCUT2D eigenvalue weighted by atomic mass is 35.5. The van der Waals surface area contributed by atoms with Gasteiger partial charge in [0.2, 0.25) is 15.9 Å². The maximum Gasteiger partial charge on any atom is 0.265 e. The normalized spacial score (nSPS) is 19.4. The second kappa shape index (κ2) is 8.96. The van der Waals surface area contributed by atoms with Crippen LogP contribution in [0.25, 0.3) is 0 Å². The van der Waals surface area contributed by atoms with Gasteiger partial charge in [0.25, 0.3) is 5.91 Å². The Labute approximate surface area is 198 Å². The van der Waals surface area contributed by atoms with E-state index in [0.29, 0.717) is 40.6 Å². The summed E-state index contributed by atoms with van der Waals surface area (Å²) < 4.78 is 33.7. The SMILES string of the molecule is Cc1ccc(NC(=O)C2CCN(S(=O)(=O)c3cc4c(cc3C)NC(=O)[C@@H](C)O4)CC2)cc1Cl. The average molecular weight is 492 g/mol. The van der Waals surface area contributed by atoms with E-state index in [0.717, 1.165) is 5.56 Å². The van der Waals surface area contributed by atoms with E-state index in [4.69, 9.17) is 16.3 Å². The lowest BCUT2D eigenvalue weighted by Crippen LogP contribution is -2.41. The number of piperidine rings is 1. The zero-order valence-electron chi connectivity index (χ0n) is 18.6. The fourth-order valence-corrected chi connectivity index (χ4v) is 5.91. The second-order valence-electron chi connectivity index (χ2n) is 8.49. The van der Waals surface area contributed by atoms with Crippen molar-refractivity contribution in [3.8, 4) is 5.75 Å². The van der Waals surface area contributed by atoms with E-state index in [1.54, 1.807) is 32.0 Å². The molecule has 176 valence electrons. The molecule has 2 N–H and O–H groups in total. The van der Waals surface area contributed by atoms with Crippen molar-refractivity contribution in [2.45, 2.75) is 44.6 Å². The van der Waals surface area contributed by atoms with Crippen molar-refractivity contribution in [3.05, 3.63) is 46.5 Å². The molecule has 0 aliphatic carbocycles. The molecule has 4 rings (SSSR count). The molecule has 2 aromatic rings. The number of fused-ring (bicyclic) bond motifs is 1. The number of ether oxygens (including phenoxy) is 1. The highest BCUT2D eigenvalue weighted by Crippen LogP contribution is 2.36. The molecule has 10 heteroatoms. The summed E-state index contributed by atoms with van der Waals surface area (Å²) in [4.78, 5) is 24.7. The first-order valence-electron chi connectivity index (χ1n) is 10.8. The predicted molar refractivity (Wildman–Crippen MR) is 126 cm³/mol. The molecule has 0 aromatic heterocycles. The van der Waals surface area contributed by atoms with Gasteiger partial charge in [-0.1, -0.05) is 17.7 Å². The molecule has 0 spiro atoms. The average Bonchev–Trinajstić information content (AvgIpc) is 2.77. The van der Waals surface area contributed by atoms with Crippen molar-refractivity contribution in [1.82, 2.24) is 4.31 Å². The summed E-state index contributed by atoms with van der Waals surface area (Å²) in [6.45, 7) is 5.65. The van der Waals surface area contributed by atoms with Gasteiger partial charge in [0.1, 0.15) is 5.75 Å². The van der Waals surface area contributed by atoms with E-state index in [2.05, 4.69) is 10.6 Å². The van der Waals surface area contributed by atoms with Crippen LogP contribution in [-0.4, -0.2) is 43.7 Å². The molecule has 8 nitrogen and oxygen atoms in total. The van der Waals surface area contributed by atoms with Gasteiger partial charge in [0, 0.05) is 35.8 Å². The van der Waals surface area contributed by atoms with E-state index in [9.17, 15) is 18.0 Å². The van der Waals surface area contributed by atoms with Crippen LogP contribution < -0.4 is 15.4 Å². The number of hydrogen-bond acceptors (Lipinski definition) is 5. The monoisotopic (exact) mass is 491 g/mol. The summed E-state index contributed by atoms with van der Waals surface area (Å²) >= 11 is 6.13. The van der Waals surface area contributed by atoms with Gasteiger partial charge < -0.3 is 15.4 Å². The molecule has 0 saturated carbocycles. The molecular weight excluding hydrogens is 466 g/mol. The Morgan fingerprint density at radius 2 is 1.85 bits per heavy atom. The standard InChI is InChI=1S/C23H26ClN3O5S/c1-13-4-5-17(11-18(13)24)25-23(29)16-6-8-27(9-7-16)33(30,31)21-12-20-19(10-14(21)2)26-22(28)15(3)32-20/h4-5,10-12,15-16H,6-9H2,1-3H3,(H,25,29)(H,26,28)/t15-/m1/s1. The molecule has 2 heterocycles. The first-order chi connectivity index (χ1) is 15.6. The van der Waals surface area contributed by atoms with Gasteiger partial charge in [-0.3, -0.25) is 9.59 Å². The van der Waals surface area contributed by atoms with E-state index >= 15 is 0 Å². The molecular formula is C23H26ClN3O5S. The Hall–Kier alpha value is -2.62. The third kappa shape index (κ3) is 4.71. The van der Waals surface area contributed by atoms with Crippen LogP contribution in [0.3, 0.4) is 0 Å². The number of sulfonamides is 1. The molecule has 1 atom stereocenters. The third-order valence-corrected chi connectivity index (χ3v) is 8.54. The van der Waals surface area contributed by atoms with Gasteiger partial charge in [-0.2, -0.15) is 4.31 Å². The van der Waals surface area contributed by atoms with Crippen LogP contribution in [0.5, 0.6) is 5.75 Å². The molecule has 2 amide bonds. The van der Waals surface area contributed by atoms with Crippen molar-refractivity contribution in [2.24, 2.45) is 5.92 Å². The Kier molecular flexibility index (Phi) is 6.39. The van der Waals surface area contributed by atoms with Crippen molar-refractivity contribution < 1.29 is 22.7 Å². The number of benzene rings is 2. The van der Waals surface area contributed by atoms with E-state index < -0.39 is 16.1 Å². The van der Waals surface area contributed by atoms with E-state index in [1.165, 1.54) is 10.4 Å². The number of amides is 2. The molecule has 1 saturated heterocycles. The number of carbonyl (C=O) groups excluding carboxylic acids is 2. The molecule has 2 aromatic carbocycles. The smallest absolute Gasteiger partial charge is 0.265 e. The van der Waals surface area contributed by atoms with Crippen LogP contribution in [0.4, 0.5) is 11.4 Å². The Balaban J connectivity index is 1.45. The van der Waals surface area contributed by atoms with Crippen LogP contribution in [0.15, 0.2) is 35.2 Å². The van der Waals surface area contributed by atoms with Gasteiger partial charge in [-0.05, 0) is 62.9 Å². The van der Waals surface area contributed by atoms with Gasteiger partial charge in [0.15, 0.2) is 6.10 Å². The predicted octanol–water partition coefficient (Wildman–Crippen LogP) is 3.72. The van der Waals surface area contributed by atoms with Crippen LogP contribution in [0.1, 0.15) is 30.9 Å². The van der Waals surface area contributed by atoms with Crippen molar-refractivity contribution in [1.29, 1.82) is 0 Å². The Morgan fingerprint density at radius 1 is 1.15 bits per heavy atom. The number of halogens is 1. The summed E-state index contributed by atoms with van der Waals surface area (Å²) in [6.07, 6.45) is 0.129. The van der Waals surface area contributed by atoms with Crippen LogP contribution in [0.2, 0.25) is 5.02 Å². The quantitative estimate of drug-likeness (QED) is 0.678. The lowest BCUT2D eigenvalue weighted by Gasteiger charge is -2.31. The largest absolute Gasteiger partial charge is 0.479 e. The minimum Gasteiger partial charge on any atom is -0.479 e. The summed E-state index contributed by atoms with van der Waals surface area (Å²) in [5, 5.41) is 6.18. The lowest BCUT2D eigenvalue weighted by atomic mass is 9.97. The van der Waals surface area contributed by atoms with E-state index in [-0.39, 0.29) is 35.7 Å². The number of anilines is 2. The summed E-state index contributed by atoms with van der Waals surface area (Å²) in [7, 11) is -3.78. The Bertz CT molecular complexity index is 1220. The second-order valence-corrected chi connectivity index (χ2v) is 10.8. The van der Waals surface area contributed by atoms with Gasteiger partial charge in [0.05, 0.1) is 10.6 Å². The lowest BCUT2D eigenvalue weighted by molar-refractivity contribution is -0.123. The summed E-state index contributed by atoms with van der Waals surface area (Å²) in [5.74, 6) is -0.376. The van der Waals surface area contributed by atoms with Gasteiger partial charge in [-0.15, -0.1) is 0 Å². The first kappa shape index (κ1) is 23.5. The molecule has 2 aliphatic heterocycles. The highest BCUT2D eigenvalue weighted by Gasteiger charge is 2.34. The molecule has 0 radical (unpaired) electrons. The van der Waals surface area contributed by atoms with Crippen LogP contribution in [0, 0.1) is 19.8 Å². The number of aryl methyl sites for hydroxylation is 2. The maximum atomic E-state index is 13.3. The fraction of sp³-hybridized carbons (Fsp3) is 0.391. The van der Waals surface area contributed by atoms with Crippen molar-refractivity contribution >= 4 is 44.8 Å². The molecule has 2 aliphatic rings. The first-order valence-corrected chi connectivity index (χ1v) is 12.6. The number of carbonyl (C=O) groups is 2. The zero-order chi connectivity index (χ0) is 23.9. The summed E-state index contributed by atoms with van der Waals surface area (Å²) in [6, 6.07) is 8.42.